The number of rotatable bonds is 7. The highest BCUT2D eigenvalue weighted by Gasteiger charge is 2.39. The van der Waals surface area contributed by atoms with Crippen LogP contribution in [0.2, 0.25) is 5.02 Å². The third kappa shape index (κ3) is 4.11. The van der Waals surface area contributed by atoms with Crippen molar-refractivity contribution in [1.82, 2.24) is 20.1 Å². The Bertz CT molecular complexity index is 1510. The molecule has 7 nitrogen and oxygen atoms in total. The predicted molar refractivity (Wildman–Crippen MR) is 147 cm³/mol. The van der Waals surface area contributed by atoms with Crippen molar-refractivity contribution >= 4 is 23.2 Å². The number of benzene rings is 3. The summed E-state index contributed by atoms with van der Waals surface area (Å²) in [5.41, 5.74) is 2.99. The molecule has 38 heavy (non-hydrogen) atoms. The second kappa shape index (κ2) is 9.34. The molecule has 1 amide bonds. The van der Waals surface area contributed by atoms with E-state index in [0.29, 0.717) is 46.3 Å². The van der Waals surface area contributed by atoms with Gasteiger partial charge in [-0.2, -0.15) is 0 Å². The van der Waals surface area contributed by atoms with Gasteiger partial charge in [0, 0.05) is 41.0 Å². The summed E-state index contributed by atoms with van der Waals surface area (Å²) in [5, 5.41) is 24.6. The molecule has 1 aromatic heterocycles. The van der Waals surface area contributed by atoms with Gasteiger partial charge >= 0.3 is 0 Å². The van der Waals surface area contributed by atoms with Gasteiger partial charge in [-0.1, -0.05) is 54.1 Å². The summed E-state index contributed by atoms with van der Waals surface area (Å²) in [5.74, 6) is 0.287. The molecule has 1 aliphatic heterocycles. The molecule has 4 aromatic rings. The van der Waals surface area contributed by atoms with E-state index in [0.717, 1.165) is 11.1 Å². The molecular formula is C30H30ClN5O2. The van der Waals surface area contributed by atoms with Crippen LogP contribution >= 0.6 is 11.6 Å². The second-order valence-corrected chi connectivity index (χ2v) is 11.1. The third-order valence-electron chi connectivity index (χ3n) is 8.03. The summed E-state index contributed by atoms with van der Waals surface area (Å²) in [6, 6.07) is 20.7. The zero-order valence-corrected chi connectivity index (χ0v) is 22.2. The number of hydrogen-bond acceptors (Lipinski definition) is 5. The van der Waals surface area contributed by atoms with Gasteiger partial charge in [0.25, 0.3) is 5.91 Å². The monoisotopic (exact) mass is 527 g/mol. The molecule has 8 heteroatoms. The molecule has 194 valence electrons. The standard InChI is InChI=1S/C30H30ClN5O2/c1-29(12-7-13-29)32-17-20-14-24-25(26(31)15-20)18-36(27(24)37)23-11-6-10-22(16-23)30(38,21-8-4-3-5-9-21)28-34-33-19-35(28)2/h3-6,8-11,14-16,19,32,38H,7,12-13,17-18H2,1-2H3/t30-/m0/s1. The van der Waals surface area contributed by atoms with Crippen molar-refractivity contribution in [3.8, 4) is 0 Å². The number of hydrogen-bond donors (Lipinski definition) is 2. The SMILES string of the molecule is Cn1cnnc1[C@](O)(c1ccccc1)c1cccc(N2Cc3c(Cl)cc(CNC4(C)CCC4)cc3C2=O)c1. The fourth-order valence-corrected chi connectivity index (χ4v) is 5.85. The number of fused-ring (bicyclic) bond motifs is 1. The largest absolute Gasteiger partial charge is 0.373 e. The first-order chi connectivity index (χ1) is 18.3. The number of aromatic nitrogens is 3. The van der Waals surface area contributed by atoms with E-state index in [4.69, 9.17) is 11.6 Å². The van der Waals surface area contributed by atoms with Crippen LogP contribution in [0, 0.1) is 0 Å². The Morgan fingerprint density at radius 1 is 1.08 bits per heavy atom. The van der Waals surface area contributed by atoms with E-state index in [-0.39, 0.29) is 11.4 Å². The van der Waals surface area contributed by atoms with Crippen LogP contribution in [0.5, 0.6) is 0 Å². The van der Waals surface area contributed by atoms with Crippen LogP contribution < -0.4 is 10.2 Å². The van der Waals surface area contributed by atoms with Crippen LogP contribution in [0.3, 0.4) is 0 Å². The molecule has 2 N–H and O–H groups in total. The van der Waals surface area contributed by atoms with Crippen molar-refractivity contribution in [3.63, 3.8) is 0 Å². The molecule has 1 atom stereocenters. The Morgan fingerprint density at radius 3 is 2.53 bits per heavy atom. The average Bonchev–Trinajstić information content (AvgIpc) is 3.50. The van der Waals surface area contributed by atoms with Gasteiger partial charge in [-0.05, 0) is 67.1 Å². The predicted octanol–water partition coefficient (Wildman–Crippen LogP) is 4.95. The lowest BCUT2D eigenvalue weighted by Gasteiger charge is -2.39. The van der Waals surface area contributed by atoms with Crippen LogP contribution in [-0.2, 0) is 25.7 Å². The minimum atomic E-state index is -1.56. The van der Waals surface area contributed by atoms with Crippen molar-refractivity contribution in [2.45, 2.75) is 50.4 Å². The number of carbonyl (C=O) groups excluding carboxylic acids is 1. The van der Waals surface area contributed by atoms with Gasteiger partial charge in [0.15, 0.2) is 11.4 Å². The Balaban J connectivity index is 1.34. The average molecular weight is 528 g/mol. The van der Waals surface area contributed by atoms with E-state index in [9.17, 15) is 9.90 Å². The lowest BCUT2D eigenvalue weighted by atomic mass is 9.78. The highest BCUT2D eigenvalue weighted by Crippen LogP contribution is 2.39. The molecule has 0 saturated heterocycles. The fourth-order valence-electron chi connectivity index (χ4n) is 5.54. The number of nitrogens with zero attached hydrogens (tertiary/aromatic N) is 4. The summed E-state index contributed by atoms with van der Waals surface area (Å²) < 4.78 is 1.70. The number of amides is 1. The second-order valence-electron chi connectivity index (χ2n) is 10.7. The maximum atomic E-state index is 13.6. The Labute approximate surface area is 227 Å². The number of halogens is 1. The number of aliphatic hydroxyl groups is 1. The van der Waals surface area contributed by atoms with Gasteiger partial charge in [-0.3, -0.25) is 4.79 Å². The van der Waals surface area contributed by atoms with Gasteiger partial charge in [0.1, 0.15) is 6.33 Å². The smallest absolute Gasteiger partial charge is 0.258 e. The summed E-state index contributed by atoms with van der Waals surface area (Å²) >= 11 is 6.69. The highest BCUT2D eigenvalue weighted by atomic mass is 35.5. The normalized spacial score (nSPS) is 17.7. The van der Waals surface area contributed by atoms with E-state index >= 15 is 0 Å². The highest BCUT2D eigenvalue weighted by molar-refractivity contribution is 6.32. The molecule has 0 unspecified atom stereocenters. The molecule has 1 saturated carbocycles. The minimum Gasteiger partial charge on any atom is -0.373 e. The number of aryl methyl sites for hydroxylation is 1. The minimum absolute atomic E-state index is 0.0994. The molecule has 3 aromatic carbocycles. The Morgan fingerprint density at radius 2 is 1.84 bits per heavy atom. The zero-order valence-electron chi connectivity index (χ0n) is 21.5. The van der Waals surface area contributed by atoms with Crippen molar-refractivity contribution < 1.29 is 9.90 Å². The van der Waals surface area contributed by atoms with Crippen LogP contribution in [0.15, 0.2) is 73.1 Å². The maximum absolute atomic E-state index is 13.6. The number of carbonyl (C=O) groups is 1. The first-order valence-corrected chi connectivity index (χ1v) is 13.3. The van der Waals surface area contributed by atoms with Gasteiger partial charge < -0.3 is 19.9 Å². The number of anilines is 1. The quantitative estimate of drug-likeness (QED) is 0.355. The van der Waals surface area contributed by atoms with E-state index in [1.54, 1.807) is 22.8 Å². The lowest BCUT2D eigenvalue weighted by molar-refractivity contribution is 0.0995. The van der Waals surface area contributed by atoms with E-state index < -0.39 is 5.60 Å². The van der Waals surface area contributed by atoms with Crippen molar-refractivity contribution in [3.05, 3.63) is 112 Å². The van der Waals surface area contributed by atoms with Gasteiger partial charge in [0.05, 0.1) is 6.54 Å². The molecule has 0 spiro atoms. The zero-order chi connectivity index (χ0) is 26.5. The molecule has 0 radical (unpaired) electrons. The molecule has 2 heterocycles. The van der Waals surface area contributed by atoms with Gasteiger partial charge in [0.2, 0.25) is 0 Å². The Kier molecular flexibility index (Phi) is 6.10. The van der Waals surface area contributed by atoms with Crippen molar-refractivity contribution in [2.75, 3.05) is 4.90 Å². The summed E-state index contributed by atoms with van der Waals surface area (Å²) in [4.78, 5) is 15.4. The summed E-state index contributed by atoms with van der Waals surface area (Å²) in [6.45, 7) is 3.28. The molecule has 6 rings (SSSR count). The van der Waals surface area contributed by atoms with Crippen molar-refractivity contribution in [1.29, 1.82) is 0 Å². The first kappa shape index (κ1) is 24.8. The van der Waals surface area contributed by atoms with Gasteiger partial charge in [-0.25, -0.2) is 0 Å². The molecule has 1 aliphatic carbocycles. The molecule has 0 bridgehead atoms. The maximum Gasteiger partial charge on any atom is 0.258 e. The Hall–Kier alpha value is -3.52. The van der Waals surface area contributed by atoms with Gasteiger partial charge in [-0.15, -0.1) is 10.2 Å². The van der Waals surface area contributed by atoms with Crippen molar-refractivity contribution in [2.24, 2.45) is 7.05 Å². The van der Waals surface area contributed by atoms with E-state index in [1.165, 1.54) is 19.3 Å². The van der Waals surface area contributed by atoms with E-state index in [1.807, 2.05) is 66.7 Å². The molecule has 2 aliphatic rings. The van der Waals surface area contributed by atoms with Crippen LogP contribution in [0.1, 0.15) is 64.6 Å². The fraction of sp³-hybridized carbons (Fsp3) is 0.300. The lowest BCUT2D eigenvalue weighted by Crippen LogP contribution is -2.47. The summed E-state index contributed by atoms with van der Waals surface area (Å²) in [7, 11) is 1.80. The van der Waals surface area contributed by atoms with Crippen LogP contribution in [0.4, 0.5) is 5.69 Å². The first-order valence-electron chi connectivity index (χ1n) is 12.9. The van der Waals surface area contributed by atoms with E-state index in [2.05, 4.69) is 22.4 Å². The topological polar surface area (TPSA) is 83.3 Å². The van der Waals surface area contributed by atoms with Crippen LogP contribution in [-0.4, -0.2) is 31.3 Å². The number of nitrogens with one attached hydrogen (secondary N) is 1. The summed E-state index contributed by atoms with van der Waals surface area (Å²) in [6.07, 6.45) is 5.14. The molecular weight excluding hydrogens is 498 g/mol. The third-order valence-corrected chi connectivity index (χ3v) is 8.36. The molecule has 1 fully saturated rings. The van der Waals surface area contributed by atoms with Crippen LogP contribution in [0.25, 0.3) is 0 Å².